The molecule has 0 aromatic heterocycles. The lowest BCUT2D eigenvalue weighted by Gasteiger charge is -2.27. The summed E-state index contributed by atoms with van der Waals surface area (Å²) in [5.41, 5.74) is 0.443. The van der Waals surface area contributed by atoms with Crippen molar-refractivity contribution in [1.29, 1.82) is 0 Å². The predicted molar refractivity (Wildman–Crippen MR) is 95.9 cm³/mol. The number of nitro groups is 1. The van der Waals surface area contributed by atoms with E-state index in [1.807, 2.05) is 0 Å². The zero-order valence-electron chi connectivity index (χ0n) is 13.7. The van der Waals surface area contributed by atoms with Crippen LogP contribution >= 0.6 is 12.4 Å². The average Bonchev–Trinajstić information content (AvgIpc) is 2.55. The number of amides is 1. The molecule has 1 fully saturated rings. The molecule has 0 radical (unpaired) electrons. The van der Waals surface area contributed by atoms with E-state index in [2.05, 4.69) is 15.5 Å². The van der Waals surface area contributed by atoms with E-state index in [0.717, 1.165) is 32.7 Å². The highest BCUT2D eigenvalue weighted by molar-refractivity contribution is 5.85. The predicted octanol–water partition coefficient (Wildman–Crippen LogP) is 0.474. The Balaban J connectivity index is 0.00000288. The molecular weight excluding hydrogens is 334 g/mol. The third-order valence-corrected chi connectivity index (χ3v) is 3.83. The van der Waals surface area contributed by atoms with Gasteiger partial charge in [0.25, 0.3) is 5.69 Å². The summed E-state index contributed by atoms with van der Waals surface area (Å²) in [6.45, 7) is 5.44. The fourth-order valence-corrected chi connectivity index (χ4v) is 2.59. The van der Waals surface area contributed by atoms with Gasteiger partial charge in [0.1, 0.15) is 5.69 Å². The van der Waals surface area contributed by atoms with Gasteiger partial charge in [0.2, 0.25) is 5.91 Å². The second-order valence-electron chi connectivity index (χ2n) is 5.54. The molecule has 8 nitrogen and oxygen atoms in total. The van der Waals surface area contributed by atoms with Crippen molar-refractivity contribution >= 4 is 29.7 Å². The number of likely N-dealkylation sites (N-methyl/N-ethyl adjacent to an activating group) is 1. The van der Waals surface area contributed by atoms with Crippen molar-refractivity contribution in [1.82, 2.24) is 15.5 Å². The van der Waals surface area contributed by atoms with Crippen LogP contribution in [0.3, 0.4) is 0 Å². The highest BCUT2D eigenvalue weighted by Crippen LogP contribution is 2.26. The molecule has 0 unspecified atom stereocenters. The number of nitrogens with one attached hydrogen (secondary N) is 2. The number of anilines is 1. The molecule has 1 heterocycles. The number of piperazine rings is 1. The highest BCUT2D eigenvalue weighted by atomic mass is 35.5. The summed E-state index contributed by atoms with van der Waals surface area (Å²) in [7, 11) is 1.68. The van der Waals surface area contributed by atoms with E-state index >= 15 is 0 Å². The van der Waals surface area contributed by atoms with Gasteiger partial charge in [0, 0.05) is 52.4 Å². The van der Waals surface area contributed by atoms with Gasteiger partial charge >= 0.3 is 0 Å². The maximum absolute atomic E-state index is 12.0. The first-order valence-electron chi connectivity index (χ1n) is 7.72. The molecule has 0 bridgehead atoms. The molecule has 2 rings (SSSR count). The normalized spacial score (nSPS) is 14.5. The van der Waals surface area contributed by atoms with E-state index < -0.39 is 4.92 Å². The fraction of sp³-hybridized carbons (Fsp3) is 0.533. The van der Waals surface area contributed by atoms with Crippen LogP contribution in [0.5, 0.6) is 0 Å². The summed E-state index contributed by atoms with van der Waals surface area (Å²) in [6, 6.07) is 6.42. The number of para-hydroxylation sites is 2. The van der Waals surface area contributed by atoms with E-state index in [1.165, 1.54) is 6.07 Å². The second-order valence-corrected chi connectivity index (χ2v) is 5.54. The molecule has 1 saturated heterocycles. The Hall–Kier alpha value is -1.90. The minimum atomic E-state index is -0.436. The third kappa shape index (κ3) is 5.95. The summed E-state index contributed by atoms with van der Waals surface area (Å²) in [6.07, 6.45) is 0. The number of nitrogens with zero attached hydrogens (tertiary/aromatic N) is 3. The number of hydrogen-bond donors (Lipinski definition) is 2. The molecule has 0 spiro atoms. The first-order chi connectivity index (χ1) is 11.1. The molecule has 2 N–H and O–H groups in total. The van der Waals surface area contributed by atoms with Crippen LogP contribution < -0.4 is 15.5 Å². The van der Waals surface area contributed by atoms with Crippen molar-refractivity contribution < 1.29 is 9.72 Å². The van der Waals surface area contributed by atoms with Crippen LogP contribution in [0.4, 0.5) is 11.4 Å². The number of rotatable bonds is 7. The summed E-state index contributed by atoms with van der Waals surface area (Å²) in [5, 5.41) is 17.2. The van der Waals surface area contributed by atoms with E-state index in [9.17, 15) is 14.9 Å². The Labute approximate surface area is 147 Å². The number of nitro benzene ring substituents is 1. The molecule has 1 aromatic rings. The zero-order chi connectivity index (χ0) is 16.7. The van der Waals surface area contributed by atoms with Gasteiger partial charge in [-0.15, -0.1) is 12.4 Å². The number of carbonyl (C=O) groups is 1. The van der Waals surface area contributed by atoms with Crippen molar-refractivity contribution in [3.8, 4) is 0 Å². The van der Waals surface area contributed by atoms with E-state index in [0.29, 0.717) is 12.2 Å². The van der Waals surface area contributed by atoms with Gasteiger partial charge in [0.15, 0.2) is 0 Å². The van der Waals surface area contributed by atoms with E-state index in [4.69, 9.17) is 0 Å². The molecule has 1 aliphatic rings. The Bertz CT molecular complexity index is 552. The van der Waals surface area contributed by atoms with Crippen LogP contribution in [-0.4, -0.2) is 68.6 Å². The van der Waals surface area contributed by atoms with Crippen molar-refractivity contribution in [2.45, 2.75) is 0 Å². The maximum atomic E-state index is 12.0. The van der Waals surface area contributed by atoms with E-state index in [1.54, 1.807) is 30.1 Å². The molecule has 1 aromatic carbocycles. The highest BCUT2D eigenvalue weighted by Gasteiger charge is 2.18. The molecule has 1 aliphatic heterocycles. The van der Waals surface area contributed by atoms with Gasteiger partial charge in [-0.05, 0) is 6.07 Å². The summed E-state index contributed by atoms with van der Waals surface area (Å²) >= 11 is 0. The minimum absolute atomic E-state index is 0. The lowest BCUT2D eigenvalue weighted by molar-refractivity contribution is -0.384. The quantitative estimate of drug-likeness (QED) is 0.544. The Morgan fingerprint density at radius 1 is 1.38 bits per heavy atom. The zero-order valence-corrected chi connectivity index (χ0v) is 14.6. The standard InChI is InChI=1S/C15H23N5O3.ClH/c1-18(13-4-2-3-5-14(13)20(22)23)12-15(21)17-8-11-19-9-6-16-7-10-19;/h2-5,16H,6-12H2,1H3,(H,17,21);1H. The Kier molecular flexibility index (Phi) is 8.45. The van der Waals surface area contributed by atoms with Crippen LogP contribution in [0.2, 0.25) is 0 Å². The van der Waals surface area contributed by atoms with Crippen LogP contribution in [0, 0.1) is 10.1 Å². The number of halogens is 1. The van der Waals surface area contributed by atoms with Gasteiger partial charge in [-0.2, -0.15) is 0 Å². The molecule has 0 atom stereocenters. The minimum Gasteiger partial charge on any atom is -0.360 e. The summed E-state index contributed by atoms with van der Waals surface area (Å²) < 4.78 is 0. The number of hydrogen-bond acceptors (Lipinski definition) is 6. The monoisotopic (exact) mass is 357 g/mol. The SMILES string of the molecule is CN(CC(=O)NCCN1CCNCC1)c1ccccc1[N+](=O)[O-].Cl. The number of benzene rings is 1. The van der Waals surface area contributed by atoms with Gasteiger partial charge in [-0.1, -0.05) is 12.1 Å². The third-order valence-electron chi connectivity index (χ3n) is 3.83. The first kappa shape index (κ1) is 20.1. The van der Waals surface area contributed by atoms with Crippen LogP contribution in [-0.2, 0) is 4.79 Å². The van der Waals surface area contributed by atoms with Crippen molar-refractivity contribution in [2.24, 2.45) is 0 Å². The van der Waals surface area contributed by atoms with Gasteiger partial charge in [-0.25, -0.2) is 0 Å². The van der Waals surface area contributed by atoms with Gasteiger partial charge < -0.3 is 15.5 Å². The summed E-state index contributed by atoms with van der Waals surface area (Å²) in [5.74, 6) is -0.138. The molecular formula is C15H24ClN5O3. The topological polar surface area (TPSA) is 90.8 Å². The molecule has 24 heavy (non-hydrogen) atoms. The number of carbonyl (C=O) groups excluding carboxylic acids is 1. The molecule has 0 saturated carbocycles. The largest absolute Gasteiger partial charge is 0.360 e. The Morgan fingerprint density at radius 2 is 2.04 bits per heavy atom. The Morgan fingerprint density at radius 3 is 2.71 bits per heavy atom. The molecule has 134 valence electrons. The van der Waals surface area contributed by atoms with Crippen molar-refractivity contribution in [3.63, 3.8) is 0 Å². The van der Waals surface area contributed by atoms with Crippen molar-refractivity contribution in [2.75, 3.05) is 57.8 Å². The lowest BCUT2D eigenvalue weighted by Crippen LogP contribution is -2.47. The maximum Gasteiger partial charge on any atom is 0.292 e. The molecule has 1 amide bonds. The fourth-order valence-electron chi connectivity index (χ4n) is 2.59. The van der Waals surface area contributed by atoms with Gasteiger partial charge in [-0.3, -0.25) is 19.8 Å². The van der Waals surface area contributed by atoms with E-state index in [-0.39, 0.29) is 30.5 Å². The van der Waals surface area contributed by atoms with Gasteiger partial charge in [0.05, 0.1) is 11.5 Å². The summed E-state index contributed by atoms with van der Waals surface area (Å²) in [4.78, 5) is 26.5. The van der Waals surface area contributed by atoms with Crippen LogP contribution in [0.1, 0.15) is 0 Å². The van der Waals surface area contributed by atoms with Crippen LogP contribution in [0.15, 0.2) is 24.3 Å². The van der Waals surface area contributed by atoms with Crippen molar-refractivity contribution in [3.05, 3.63) is 34.4 Å². The average molecular weight is 358 g/mol. The molecule has 0 aliphatic carbocycles. The lowest BCUT2D eigenvalue weighted by atomic mass is 10.2. The smallest absolute Gasteiger partial charge is 0.292 e. The first-order valence-corrected chi connectivity index (χ1v) is 7.72. The second kappa shape index (κ2) is 10.1. The molecule has 9 heteroatoms. The van der Waals surface area contributed by atoms with Crippen LogP contribution in [0.25, 0.3) is 0 Å².